The molecule has 1 aromatic rings. The zero-order valence-electron chi connectivity index (χ0n) is 21.7. The van der Waals surface area contributed by atoms with Gasteiger partial charge in [0.25, 0.3) is 11.8 Å². The van der Waals surface area contributed by atoms with E-state index in [1.54, 1.807) is 0 Å². The van der Waals surface area contributed by atoms with E-state index in [0.29, 0.717) is 25.8 Å². The highest BCUT2D eigenvalue weighted by atomic mass is 19.4. The molecular formula is C26H28F4N6O4. The van der Waals surface area contributed by atoms with E-state index in [2.05, 4.69) is 26.0 Å². The number of carbonyl (C=O) groups is 3. The molecule has 1 aromatic heterocycles. The van der Waals surface area contributed by atoms with Crippen molar-refractivity contribution in [2.24, 2.45) is 15.8 Å². The van der Waals surface area contributed by atoms with E-state index in [0.717, 1.165) is 31.5 Å². The van der Waals surface area contributed by atoms with Crippen LogP contribution < -0.4 is 16.1 Å². The first-order valence-corrected chi connectivity index (χ1v) is 12.8. The summed E-state index contributed by atoms with van der Waals surface area (Å²) in [5.41, 5.74) is 0.844. The number of amides is 2. The van der Waals surface area contributed by atoms with Crippen LogP contribution in [0.3, 0.4) is 0 Å². The average Bonchev–Trinajstić information content (AvgIpc) is 3.34. The van der Waals surface area contributed by atoms with Crippen LogP contribution in [0.2, 0.25) is 0 Å². The number of halogens is 4. The zero-order chi connectivity index (χ0) is 28.7. The monoisotopic (exact) mass is 564 g/mol. The van der Waals surface area contributed by atoms with Gasteiger partial charge < -0.3 is 15.4 Å². The highest BCUT2D eigenvalue weighted by molar-refractivity contribution is 6.44. The van der Waals surface area contributed by atoms with Crippen molar-refractivity contribution in [3.05, 3.63) is 53.0 Å². The summed E-state index contributed by atoms with van der Waals surface area (Å²) in [6.45, 7) is -0.148. The second-order valence-electron chi connectivity index (χ2n) is 10.6. The van der Waals surface area contributed by atoms with Crippen LogP contribution >= 0.6 is 0 Å². The summed E-state index contributed by atoms with van der Waals surface area (Å²) >= 11 is 0. The number of fused-ring (bicyclic) bond motifs is 4. The number of alkyl halides is 3. The summed E-state index contributed by atoms with van der Waals surface area (Å²) in [5, 5.41) is 6.54. The normalized spacial score (nSPS) is 25.7. The number of methoxy groups -OCH3 is 1. The Morgan fingerprint density at radius 1 is 1.10 bits per heavy atom. The number of rotatable bonds is 7. The van der Waals surface area contributed by atoms with E-state index in [1.807, 2.05) is 0 Å². The Balaban J connectivity index is 1.26. The molecule has 0 unspecified atom stereocenters. The van der Waals surface area contributed by atoms with Crippen molar-refractivity contribution >= 4 is 23.5 Å². The van der Waals surface area contributed by atoms with Gasteiger partial charge in [0.2, 0.25) is 0 Å². The van der Waals surface area contributed by atoms with Crippen LogP contribution in [-0.2, 0) is 31.8 Å². The quantitative estimate of drug-likeness (QED) is 0.344. The van der Waals surface area contributed by atoms with E-state index in [4.69, 9.17) is 4.74 Å². The van der Waals surface area contributed by atoms with Gasteiger partial charge in [-0.05, 0) is 61.6 Å². The molecule has 0 aromatic carbocycles. The number of aliphatic imine (C=N–C) groups is 1. The lowest BCUT2D eigenvalue weighted by atomic mass is 9.53. The van der Waals surface area contributed by atoms with E-state index in [1.165, 1.54) is 24.3 Å². The van der Waals surface area contributed by atoms with Gasteiger partial charge >= 0.3 is 12.1 Å². The fourth-order valence-electron chi connectivity index (χ4n) is 5.78. The number of aromatic nitrogens is 1. The average molecular weight is 565 g/mol. The van der Waals surface area contributed by atoms with Crippen LogP contribution in [0.1, 0.15) is 49.8 Å². The van der Waals surface area contributed by atoms with Gasteiger partial charge in [-0.3, -0.25) is 24.4 Å². The molecule has 0 atom stereocenters. The van der Waals surface area contributed by atoms with Crippen LogP contribution in [-0.4, -0.2) is 53.7 Å². The Morgan fingerprint density at radius 3 is 2.45 bits per heavy atom. The number of hydrazine groups is 1. The molecule has 3 heterocycles. The number of nitrogens with zero attached hydrogens (tertiary/aromatic N) is 3. The summed E-state index contributed by atoms with van der Waals surface area (Å²) in [4.78, 5) is 45.7. The van der Waals surface area contributed by atoms with Gasteiger partial charge in [-0.1, -0.05) is 0 Å². The van der Waals surface area contributed by atoms with Gasteiger partial charge in [0.1, 0.15) is 17.1 Å². The molecule has 3 aliphatic carbocycles. The number of hydrogen-bond acceptors (Lipinski definition) is 8. The zero-order valence-corrected chi connectivity index (χ0v) is 21.7. The maximum Gasteiger partial charge on any atom is 0.433 e. The van der Waals surface area contributed by atoms with Crippen molar-refractivity contribution in [2.75, 3.05) is 20.2 Å². The molecule has 3 N–H and O–H groups in total. The van der Waals surface area contributed by atoms with Crippen LogP contribution in [0.15, 0.2) is 46.7 Å². The minimum absolute atomic E-state index is 0.0435. The van der Waals surface area contributed by atoms with Crippen LogP contribution in [0.4, 0.5) is 17.6 Å². The lowest BCUT2D eigenvalue weighted by Gasteiger charge is -2.51. The summed E-state index contributed by atoms with van der Waals surface area (Å²) in [5.74, 6) is -2.44. The van der Waals surface area contributed by atoms with Gasteiger partial charge in [0.15, 0.2) is 11.6 Å². The highest BCUT2D eigenvalue weighted by Gasteiger charge is 2.53. The van der Waals surface area contributed by atoms with Gasteiger partial charge in [-0.25, -0.2) is 14.8 Å². The van der Waals surface area contributed by atoms with Crippen molar-refractivity contribution in [2.45, 2.75) is 51.2 Å². The van der Waals surface area contributed by atoms with Crippen molar-refractivity contribution in [1.82, 2.24) is 26.1 Å². The molecular weight excluding hydrogens is 536 g/mol. The van der Waals surface area contributed by atoms with E-state index in [9.17, 15) is 31.9 Å². The van der Waals surface area contributed by atoms with Crippen molar-refractivity contribution in [3.8, 4) is 0 Å². The molecule has 0 spiro atoms. The van der Waals surface area contributed by atoms with Gasteiger partial charge in [-0.2, -0.15) is 13.2 Å². The standard InChI is InChI=1S/C26H28F4N6O4/c1-40-23(39)25-6-3-24(4-7-25,5-8-25)14-33-22(38)18-11-17(35-20-16(27)13-34-36(18)20)21(37)32-12-15-2-9-31-19(10-15)26(28,29)30/h2,9-11,34H,3-8,12-14H2,1H3,(H,32,37)(H,33,38). The molecule has 214 valence electrons. The van der Waals surface area contributed by atoms with E-state index in [-0.39, 0.29) is 47.3 Å². The molecule has 5 aliphatic rings. The number of nitrogens with one attached hydrogen (secondary N) is 3. The number of ether oxygens (including phenoxy) is 1. The third-order valence-electron chi connectivity index (χ3n) is 8.26. The maximum absolute atomic E-state index is 14.5. The lowest BCUT2D eigenvalue weighted by Crippen LogP contribution is -2.51. The fourth-order valence-corrected chi connectivity index (χ4v) is 5.78. The first-order valence-electron chi connectivity index (χ1n) is 12.8. The van der Waals surface area contributed by atoms with Crippen molar-refractivity contribution in [1.29, 1.82) is 0 Å². The second-order valence-corrected chi connectivity index (χ2v) is 10.6. The third kappa shape index (κ3) is 5.19. The lowest BCUT2D eigenvalue weighted by molar-refractivity contribution is -0.162. The molecule has 2 amide bonds. The van der Waals surface area contributed by atoms with E-state index < -0.39 is 34.9 Å². The Labute approximate surface area is 226 Å². The van der Waals surface area contributed by atoms with E-state index >= 15 is 0 Å². The molecule has 3 saturated carbocycles. The third-order valence-corrected chi connectivity index (χ3v) is 8.26. The number of esters is 1. The Hall–Kier alpha value is -3.81. The topological polar surface area (TPSA) is 125 Å². The highest BCUT2D eigenvalue weighted by Crippen LogP contribution is 2.57. The Kier molecular flexibility index (Phi) is 7.15. The first kappa shape index (κ1) is 27.7. The van der Waals surface area contributed by atoms with Crippen molar-refractivity contribution < 1.29 is 36.7 Å². The number of pyridine rings is 1. The summed E-state index contributed by atoms with van der Waals surface area (Å²) in [6, 6.07) is 2.14. The number of carbonyl (C=O) groups excluding carboxylic acids is 3. The fraction of sp³-hybridized carbons (Fsp3) is 0.500. The van der Waals surface area contributed by atoms with Gasteiger partial charge in [-0.15, -0.1) is 0 Å². The summed E-state index contributed by atoms with van der Waals surface area (Å²) in [6.07, 6.45) is 1.86. The molecule has 40 heavy (non-hydrogen) atoms. The molecule has 14 heteroatoms. The van der Waals surface area contributed by atoms with Gasteiger partial charge in [0, 0.05) is 25.4 Å². The SMILES string of the molecule is COC(=O)C12CCC(CNC(=O)C3=CC(C(=O)NCc4ccnc(C(F)(F)F)c4)=NC4=C(F)CNN34)(CC1)CC2. The van der Waals surface area contributed by atoms with Crippen LogP contribution in [0, 0.1) is 10.8 Å². The molecule has 10 nitrogen and oxygen atoms in total. The predicted octanol–water partition coefficient (Wildman–Crippen LogP) is 2.64. The minimum Gasteiger partial charge on any atom is -0.469 e. The summed E-state index contributed by atoms with van der Waals surface area (Å²) in [7, 11) is 1.39. The molecule has 0 radical (unpaired) electrons. The van der Waals surface area contributed by atoms with Crippen LogP contribution in [0.25, 0.3) is 0 Å². The molecule has 2 bridgehead atoms. The minimum atomic E-state index is -4.64. The molecule has 2 aliphatic heterocycles. The maximum atomic E-state index is 14.5. The Morgan fingerprint density at radius 2 is 1.80 bits per heavy atom. The molecule has 6 rings (SSSR count). The second kappa shape index (κ2) is 10.3. The Bertz CT molecular complexity index is 1310. The van der Waals surface area contributed by atoms with Crippen molar-refractivity contribution in [3.63, 3.8) is 0 Å². The summed E-state index contributed by atoms with van der Waals surface area (Å²) < 4.78 is 58.3. The molecule has 0 saturated heterocycles. The molecule has 3 fully saturated rings. The number of hydrogen-bond donors (Lipinski definition) is 3. The van der Waals surface area contributed by atoms with Gasteiger partial charge in [0.05, 0.1) is 19.1 Å². The first-order chi connectivity index (χ1) is 19.0. The predicted molar refractivity (Wildman–Crippen MR) is 132 cm³/mol. The smallest absolute Gasteiger partial charge is 0.433 e. The van der Waals surface area contributed by atoms with Crippen LogP contribution in [0.5, 0.6) is 0 Å². The largest absolute Gasteiger partial charge is 0.469 e.